The second kappa shape index (κ2) is 7.40. The minimum Gasteiger partial charge on any atom is -0.461 e. The number of piperidine rings is 1. The zero-order chi connectivity index (χ0) is 19.0. The molecule has 146 valence electrons. The summed E-state index contributed by atoms with van der Waals surface area (Å²) in [4.78, 5) is 29.3. The van der Waals surface area contributed by atoms with Gasteiger partial charge in [0.1, 0.15) is 11.9 Å². The fourth-order valence-corrected chi connectivity index (χ4v) is 4.82. The maximum Gasteiger partial charge on any atom is 0.312 e. The van der Waals surface area contributed by atoms with E-state index in [0.717, 1.165) is 32.1 Å². The molecule has 3 aliphatic heterocycles. The Kier molecular flexibility index (Phi) is 5.12. The van der Waals surface area contributed by atoms with Crippen molar-refractivity contribution in [1.29, 1.82) is 0 Å². The third kappa shape index (κ3) is 3.69. The van der Waals surface area contributed by atoms with E-state index in [2.05, 4.69) is 4.90 Å². The van der Waals surface area contributed by atoms with Crippen LogP contribution < -0.4 is 0 Å². The predicted octanol–water partition coefficient (Wildman–Crippen LogP) is 3.11. The molecule has 0 N–H and O–H groups in total. The van der Waals surface area contributed by atoms with Crippen LogP contribution in [0.25, 0.3) is 0 Å². The van der Waals surface area contributed by atoms with E-state index in [9.17, 15) is 14.0 Å². The number of rotatable bonds is 3. The first kappa shape index (κ1) is 18.7. The molecular formula is C20H24ClFN2O3. The molecule has 0 bridgehead atoms. The summed E-state index contributed by atoms with van der Waals surface area (Å²) in [6.45, 7) is 3.96. The number of nitrogens with zero attached hydrogens (tertiary/aromatic N) is 2. The van der Waals surface area contributed by atoms with Crippen molar-refractivity contribution in [2.75, 3.05) is 32.7 Å². The van der Waals surface area contributed by atoms with E-state index < -0.39 is 11.2 Å². The minimum absolute atomic E-state index is 0.0376. The lowest BCUT2D eigenvalue weighted by molar-refractivity contribution is -0.150. The van der Waals surface area contributed by atoms with E-state index in [4.69, 9.17) is 16.3 Å². The third-order valence-corrected chi connectivity index (χ3v) is 6.47. The summed E-state index contributed by atoms with van der Waals surface area (Å²) in [6.07, 6.45) is 4.34. The van der Waals surface area contributed by atoms with Crippen molar-refractivity contribution in [2.24, 2.45) is 5.41 Å². The molecule has 7 heteroatoms. The molecule has 1 spiro atoms. The van der Waals surface area contributed by atoms with Gasteiger partial charge in [0.25, 0.3) is 5.91 Å². The molecule has 3 saturated heterocycles. The number of ether oxygens (including phenoxy) is 1. The number of likely N-dealkylation sites (tertiary alicyclic amines) is 2. The van der Waals surface area contributed by atoms with Gasteiger partial charge in [0.2, 0.25) is 0 Å². The Bertz CT molecular complexity index is 743. The highest BCUT2D eigenvalue weighted by Crippen LogP contribution is 2.43. The molecule has 3 heterocycles. The molecule has 0 saturated carbocycles. The van der Waals surface area contributed by atoms with Crippen molar-refractivity contribution in [3.63, 3.8) is 0 Å². The molecule has 0 aliphatic carbocycles. The van der Waals surface area contributed by atoms with Gasteiger partial charge in [0.05, 0.1) is 16.0 Å². The number of halogens is 2. The van der Waals surface area contributed by atoms with E-state index in [1.165, 1.54) is 25.0 Å². The molecule has 5 nitrogen and oxygen atoms in total. The first-order valence-electron chi connectivity index (χ1n) is 9.65. The quantitative estimate of drug-likeness (QED) is 0.739. The van der Waals surface area contributed by atoms with Crippen molar-refractivity contribution in [1.82, 2.24) is 9.80 Å². The average Bonchev–Trinajstić information content (AvgIpc) is 3.24. The number of hydrogen-bond donors (Lipinski definition) is 0. The topological polar surface area (TPSA) is 49.9 Å². The van der Waals surface area contributed by atoms with Gasteiger partial charge in [-0.3, -0.25) is 14.5 Å². The van der Waals surface area contributed by atoms with Crippen molar-refractivity contribution in [3.8, 4) is 0 Å². The highest BCUT2D eigenvalue weighted by molar-refractivity contribution is 6.33. The number of carbonyl (C=O) groups excluding carboxylic acids is 2. The van der Waals surface area contributed by atoms with E-state index in [0.29, 0.717) is 31.5 Å². The first-order chi connectivity index (χ1) is 13.0. The first-order valence-corrected chi connectivity index (χ1v) is 10.0. The average molecular weight is 395 g/mol. The predicted molar refractivity (Wildman–Crippen MR) is 99.2 cm³/mol. The van der Waals surface area contributed by atoms with Gasteiger partial charge in [-0.1, -0.05) is 11.6 Å². The molecule has 3 fully saturated rings. The van der Waals surface area contributed by atoms with Crippen molar-refractivity contribution >= 4 is 23.5 Å². The molecule has 27 heavy (non-hydrogen) atoms. The maximum absolute atomic E-state index is 13.2. The van der Waals surface area contributed by atoms with Crippen molar-refractivity contribution in [3.05, 3.63) is 34.6 Å². The van der Waals surface area contributed by atoms with E-state index in [1.807, 2.05) is 0 Å². The normalized spacial score (nSPS) is 25.2. The minimum atomic E-state index is -0.466. The second-order valence-electron chi connectivity index (χ2n) is 7.94. The number of esters is 1. The lowest BCUT2D eigenvalue weighted by Crippen LogP contribution is -2.45. The second-order valence-corrected chi connectivity index (χ2v) is 8.34. The molecule has 3 aliphatic rings. The van der Waals surface area contributed by atoms with E-state index in [1.54, 1.807) is 4.90 Å². The fourth-order valence-electron chi connectivity index (χ4n) is 4.57. The third-order valence-electron chi connectivity index (χ3n) is 6.15. The van der Waals surface area contributed by atoms with Crippen LogP contribution >= 0.6 is 11.6 Å². The van der Waals surface area contributed by atoms with Gasteiger partial charge < -0.3 is 9.64 Å². The zero-order valence-corrected chi connectivity index (χ0v) is 16.0. The van der Waals surface area contributed by atoms with Crippen LogP contribution in [0.1, 0.15) is 42.5 Å². The Balaban J connectivity index is 1.37. The molecule has 0 radical (unpaired) electrons. The monoisotopic (exact) mass is 394 g/mol. The fraction of sp³-hybridized carbons (Fsp3) is 0.600. The standard InChI is InChI=1S/C20H24ClFN2O3/c21-17-11-14(22)3-4-16(17)18(25)24-9-5-20(6-10-24)12-15(27-19(20)26)13-23-7-1-2-8-23/h3-4,11,15H,1-2,5-10,12-13H2. The molecule has 1 aromatic carbocycles. The Hall–Kier alpha value is -1.66. The molecule has 1 aromatic rings. The number of carbonyl (C=O) groups is 2. The van der Waals surface area contributed by atoms with Crippen LogP contribution in [-0.2, 0) is 9.53 Å². The number of amides is 1. The Morgan fingerprint density at radius 1 is 1.22 bits per heavy atom. The summed E-state index contributed by atoms with van der Waals surface area (Å²) in [6, 6.07) is 3.81. The molecule has 1 atom stereocenters. The summed E-state index contributed by atoms with van der Waals surface area (Å²) in [7, 11) is 0. The smallest absolute Gasteiger partial charge is 0.312 e. The molecule has 0 aromatic heterocycles. The zero-order valence-electron chi connectivity index (χ0n) is 15.3. The number of cyclic esters (lactones) is 1. The maximum atomic E-state index is 13.2. The van der Waals surface area contributed by atoms with Gasteiger partial charge in [-0.25, -0.2) is 4.39 Å². The van der Waals surface area contributed by atoms with Gasteiger partial charge in [0, 0.05) is 26.1 Å². The molecule has 1 unspecified atom stereocenters. The van der Waals surface area contributed by atoms with Crippen LogP contribution in [0, 0.1) is 11.2 Å². The van der Waals surface area contributed by atoms with Gasteiger partial charge in [-0.05, 0) is 57.0 Å². The van der Waals surface area contributed by atoms with Gasteiger partial charge in [-0.15, -0.1) is 0 Å². The van der Waals surface area contributed by atoms with Gasteiger partial charge >= 0.3 is 5.97 Å². The lowest BCUT2D eigenvalue weighted by atomic mass is 9.76. The number of benzene rings is 1. The highest BCUT2D eigenvalue weighted by Gasteiger charge is 2.51. The Labute approximate surface area is 163 Å². The summed E-state index contributed by atoms with van der Waals surface area (Å²) in [5, 5.41) is 0.117. The van der Waals surface area contributed by atoms with E-state index >= 15 is 0 Å². The van der Waals surface area contributed by atoms with Crippen LogP contribution in [0.15, 0.2) is 18.2 Å². The summed E-state index contributed by atoms with van der Waals surface area (Å²) >= 11 is 6.02. The molecular weight excluding hydrogens is 371 g/mol. The Morgan fingerprint density at radius 3 is 2.59 bits per heavy atom. The van der Waals surface area contributed by atoms with Crippen molar-refractivity contribution < 1.29 is 18.7 Å². The van der Waals surface area contributed by atoms with Gasteiger partial charge in [-0.2, -0.15) is 0 Å². The van der Waals surface area contributed by atoms with E-state index in [-0.39, 0.29) is 23.0 Å². The number of hydrogen-bond acceptors (Lipinski definition) is 4. The largest absolute Gasteiger partial charge is 0.461 e. The van der Waals surface area contributed by atoms with Crippen LogP contribution in [0.5, 0.6) is 0 Å². The van der Waals surface area contributed by atoms with Crippen LogP contribution in [-0.4, -0.2) is 60.5 Å². The Morgan fingerprint density at radius 2 is 1.93 bits per heavy atom. The SMILES string of the molecule is O=C(c1ccc(F)cc1Cl)N1CCC2(CC1)CC(CN1CCCC1)OC2=O. The lowest BCUT2D eigenvalue weighted by Gasteiger charge is -2.36. The van der Waals surface area contributed by atoms with Gasteiger partial charge in [0.15, 0.2) is 0 Å². The highest BCUT2D eigenvalue weighted by atomic mass is 35.5. The van der Waals surface area contributed by atoms with Crippen LogP contribution in [0.4, 0.5) is 4.39 Å². The van der Waals surface area contributed by atoms with Crippen LogP contribution in [0.2, 0.25) is 5.02 Å². The van der Waals surface area contributed by atoms with Crippen molar-refractivity contribution in [2.45, 2.75) is 38.2 Å². The summed E-state index contributed by atoms with van der Waals surface area (Å²) in [5.41, 5.74) is -0.164. The summed E-state index contributed by atoms with van der Waals surface area (Å²) in [5.74, 6) is -0.791. The molecule has 1 amide bonds. The van der Waals surface area contributed by atoms with Crippen LogP contribution in [0.3, 0.4) is 0 Å². The summed E-state index contributed by atoms with van der Waals surface area (Å²) < 4.78 is 18.9. The molecule has 4 rings (SSSR count).